The van der Waals surface area contributed by atoms with Crippen LogP contribution in [0.4, 0.5) is 11.6 Å². The van der Waals surface area contributed by atoms with Crippen molar-refractivity contribution in [2.24, 2.45) is 0 Å². The lowest BCUT2D eigenvalue weighted by molar-refractivity contribution is -0.161. The molecule has 0 saturated carbocycles. The van der Waals surface area contributed by atoms with Crippen molar-refractivity contribution in [1.82, 2.24) is 14.8 Å². The van der Waals surface area contributed by atoms with Crippen LogP contribution in [0.3, 0.4) is 0 Å². The number of nitrogen functional groups attached to an aromatic ring is 1. The largest absolute Gasteiger partial charge is 0.382 e. The number of nitrogens with zero attached hydrogens (tertiary/aromatic N) is 4. The molecule has 0 amide bonds. The standard InChI is InChI=1S/C21H32N6O2/c1-13(22)27-19-17(18(23)25-27)15(10-16(24-19)26-6-8-28-9-7-26)14-11-20(2,3)29-21(4,5)12-14/h10,14,22H,6-9,11-12H2,1-5H3,(H2,23,25). The molecule has 0 radical (unpaired) electrons. The average molecular weight is 401 g/mol. The third kappa shape index (κ3) is 3.83. The number of hydrogen-bond donors (Lipinski definition) is 2. The molecule has 2 fully saturated rings. The van der Waals surface area contributed by atoms with E-state index in [-0.39, 0.29) is 17.1 Å². The van der Waals surface area contributed by atoms with E-state index >= 15 is 0 Å². The molecule has 4 heterocycles. The number of rotatable bonds is 2. The number of fused-ring (bicyclic) bond motifs is 1. The van der Waals surface area contributed by atoms with Crippen LogP contribution in [0.15, 0.2) is 6.07 Å². The third-order valence-corrected chi connectivity index (χ3v) is 5.80. The number of hydrogen-bond acceptors (Lipinski definition) is 7. The zero-order valence-electron chi connectivity index (χ0n) is 18.1. The highest BCUT2D eigenvalue weighted by molar-refractivity contribution is 5.97. The molecular formula is C21H32N6O2. The second-order valence-corrected chi connectivity index (χ2v) is 9.48. The van der Waals surface area contributed by atoms with Crippen LogP contribution in [-0.2, 0) is 9.47 Å². The molecule has 0 aliphatic carbocycles. The fraction of sp³-hybridized carbons (Fsp3) is 0.667. The smallest absolute Gasteiger partial charge is 0.169 e. The molecule has 2 aromatic heterocycles. The Morgan fingerprint density at radius 3 is 2.38 bits per heavy atom. The van der Waals surface area contributed by atoms with E-state index in [0.29, 0.717) is 30.5 Å². The van der Waals surface area contributed by atoms with Gasteiger partial charge in [0.15, 0.2) is 11.5 Å². The Morgan fingerprint density at radius 2 is 1.79 bits per heavy atom. The predicted molar refractivity (Wildman–Crippen MR) is 115 cm³/mol. The summed E-state index contributed by atoms with van der Waals surface area (Å²) in [7, 11) is 0. The Bertz CT molecular complexity index is 926. The first-order chi connectivity index (χ1) is 13.6. The molecule has 2 aromatic rings. The van der Waals surface area contributed by atoms with Gasteiger partial charge in [-0.15, -0.1) is 5.10 Å². The Kier molecular flexibility index (Phi) is 4.82. The van der Waals surface area contributed by atoms with Gasteiger partial charge in [-0.3, -0.25) is 5.41 Å². The lowest BCUT2D eigenvalue weighted by Crippen LogP contribution is -2.44. The van der Waals surface area contributed by atoms with E-state index in [0.717, 1.165) is 42.7 Å². The van der Waals surface area contributed by atoms with Gasteiger partial charge in [0.05, 0.1) is 29.8 Å². The van der Waals surface area contributed by atoms with E-state index in [1.807, 2.05) is 0 Å². The lowest BCUT2D eigenvalue weighted by Gasteiger charge is -2.45. The Labute approximate surface area is 171 Å². The molecule has 2 aliphatic rings. The minimum absolute atomic E-state index is 0.233. The van der Waals surface area contributed by atoms with Crippen molar-refractivity contribution in [1.29, 1.82) is 5.41 Å². The minimum Gasteiger partial charge on any atom is -0.382 e. The fourth-order valence-corrected chi connectivity index (χ4v) is 4.98. The van der Waals surface area contributed by atoms with Crippen molar-refractivity contribution < 1.29 is 9.47 Å². The van der Waals surface area contributed by atoms with Crippen molar-refractivity contribution in [2.45, 2.75) is 64.6 Å². The van der Waals surface area contributed by atoms with Crippen molar-refractivity contribution in [3.05, 3.63) is 11.6 Å². The molecule has 0 spiro atoms. The van der Waals surface area contributed by atoms with E-state index < -0.39 is 0 Å². The average Bonchev–Trinajstić information content (AvgIpc) is 2.96. The van der Waals surface area contributed by atoms with E-state index in [9.17, 15) is 0 Å². The van der Waals surface area contributed by atoms with Crippen LogP contribution in [0.25, 0.3) is 11.0 Å². The van der Waals surface area contributed by atoms with Crippen LogP contribution in [0.2, 0.25) is 0 Å². The maximum absolute atomic E-state index is 8.14. The van der Waals surface area contributed by atoms with E-state index in [1.165, 1.54) is 0 Å². The van der Waals surface area contributed by atoms with Gasteiger partial charge in [-0.1, -0.05) is 0 Å². The summed E-state index contributed by atoms with van der Waals surface area (Å²) in [6.07, 6.45) is 1.79. The molecular weight excluding hydrogens is 368 g/mol. The van der Waals surface area contributed by atoms with Gasteiger partial charge in [-0.25, -0.2) is 4.98 Å². The second-order valence-electron chi connectivity index (χ2n) is 9.48. The molecule has 0 aromatic carbocycles. The lowest BCUT2D eigenvalue weighted by atomic mass is 9.76. The summed E-state index contributed by atoms with van der Waals surface area (Å²) in [6, 6.07) is 2.18. The van der Waals surface area contributed by atoms with Crippen LogP contribution < -0.4 is 10.6 Å². The molecule has 0 bridgehead atoms. The molecule has 8 nitrogen and oxygen atoms in total. The van der Waals surface area contributed by atoms with Crippen LogP contribution in [0.5, 0.6) is 0 Å². The van der Waals surface area contributed by atoms with Crippen molar-refractivity contribution in [2.75, 3.05) is 36.9 Å². The molecule has 2 saturated heterocycles. The number of morpholine rings is 1. The number of nitrogens with one attached hydrogen (secondary N) is 1. The van der Waals surface area contributed by atoms with Crippen LogP contribution in [0, 0.1) is 5.41 Å². The number of anilines is 2. The minimum atomic E-state index is -0.233. The van der Waals surface area contributed by atoms with Crippen molar-refractivity contribution in [3.63, 3.8) is 0 Å². The first-order valence-corrected chi connectivity index (χ1v) is 10.3. The molecule has 4 rings (SSSR count). The molecule has 29 heavy (non-hydrogen) atoms. The number of nitrogens with two attached hydrogens (primary N) is 1. The number of ether oxygens (including phenoxy) is 2. The van der Waals surface area contributed by atoms with Crippen molar-refractivity contribution in [3.8, 4) is 0 Å². The maximum Gasteiger partial charge on any atom is 0.169 e. The highest BCUT2D eigenvalue weighted by Crippen LogP contribution is 2.46. The Balaban J connectivity index is 1.90. The van der Waals surface area contributed by atoms with Crippen LogP contribution in [0.1, 0.15) is 58.9 Å². The quantitative estimate of drug-likeness (QED) is 0.593. The summed E-state index contributed by atoms with van der Waals surface area (Å²) < 4.78 is 13.4. The van der Waals surface area contributed by atoms with Crippen LogP contribution in [-0.4, -0.2) is 58.1 Å². The van der Waals surface area contributed by atoms with Gasteiger partial charge in [-0.2, -0.15) is 4.68 Å². The van der Waals surface area contributed by atoms with E-state index in [2.05, 4.69) is 43.8 Å². The monoisotopic (exact) mass is 400 g/mol. The summed E-state index contributed by atoms with van der Waals surface area (Å²) in [6.45, 7) is 13.3. The molecule has 3 N–H and O–H groups in total. The van der Waals surface area contributed by atoms with Gasteiger partial charge in [0.25, 0.3) is 0 Å². The van der Waals surface area contributed by atoms with Gasteiger partial charge in [0.1, 0.15) is 11.7 Å². The highest BCUT2D eigenvalue weighted by Gasteiger charge is 2.41. The second kappa shape index (κ2) is 6.95. The van der Waals surface area contributed by atoms with Crippen LogP contribution >= 0.6 is 0 Å². The van der Waals surface area contributed by atoms with Gasteiger partial charge < -0.3 is 20.1 Å². The van der Waals surface area contributed by atoms with Gasteiger partial charge in [0, 0.05) is 13.1 Å². The molecule has 158 valence electrons. The number of pyridine rings is 1. The summed E-state index contributed by atoms with van der Waals surface area (Å²) in [4.78, 5) is 7.13. The van der Waals surface area contributed by atoms with Gasteiger partial charge in [0.2, 0.25) is 0 Å². The first-order valence-electron chi connectivity index (χ1n) is 10.3. The zero-order valence-corrected chi connectivity index (χ0v) is 18.1. The van der Waals surface area contributed by atoms with Crippen molar-refractivity contribution >= 4 is 28.5 Å². The van der Waals surface area contributed by atoms with Gasteiger partial charge in [-0.05, 0) is 65.0 Å². The van der Waals surface area contributed by atoms with Gasteiger partial charge >= 0.3 is 0 Å². The van der Waals surface area contributed by atoms with E-state index in [1.54, 1.807) is 11.6 Å². The van der Waals surface area contributed by atoms with E-state index in [4.69, 9.17) is 25.6 Å². The summed E-state index contributed by atoms with van der Waals surface area (Å²) >= 11 is 0. The molecule has 2 aliphatic heterocycles. The zero-order chi connectivity index (χ0) is 21.0. The topological polar surface area (TPSA) is 102 Å². The molecule has 0 unspecified atom stereocenters. The third-order valence-electron chi connectivity index (χ3n) is 5.80. The molecule has 8 heteroatoms. The Hall–Kier alpha value is -2.19. The maximum atomic E-state index is 8.14. The summed E-state index contributed by atoms with van der Waals surface area (Å²) in [5.41, 5.74) is 7.71. The SMILES string of the molecule is CC(=N)n1nc(N)c2c(C3CC(C)(C)OC(C)(C)C3)cc(N3CCOCC3)nc21. The first kappa shape index (κ1) is 20.1. The summed E-state index contributed by atoms with van der Waals surface area (Å²) in [5, 5.41) is 13.4. The predicted octanol–water partition coefficient (Wildman–Crippen LogP) is 3.15. The summed E-state index contributed by atoms with van der Waals surface area (Å²) in [5.74, 6) is 1.91. The highest BCUT2D eigenvalue weighted by atomic mass is 16.5. The fourth-order valence-electron chi connectivity index (χ4n) is 4.98. The molecule has 0 atom stereocenters. The normalized spacial score (nSPS) is 22.2. The Morgan fingerprint density at radius 1 is 1.17 bits per heavy atom. The number of aromatic nitrogens is 3.